The lowest BCUT2D eigenvalue weighted by molar-refractivity contribution is 0.455. The lowest BCUT2D eigenvalue weighted by Gasteiger charge is -1.91. The van der Waals surface area contributed by atoms with Crippen molar-refractivity contribution in [1.29, 1.82) is 0 Å². The maximum atomic E-state index is 5.55. The number of rotatable bonds is 5. The van der Waals surface area contributed by atoms with Crippen molar-refractivity contribution in [3.05, 3.63) is 17.8 Å². The highest BCUT2D eigenvalue weighted by atomic mass is 35.5. The molecule has 1 rings (SSSR count). The van der Waals surface area contributed by atoms with Gasteiger partial charge in [-0.1, -0.05) is 13.3 Å². The first-order chi connectivity index (χ1) is 5.86. The van der Waals surface area contributed by atoms with Crippen LogP contribution in [0.15, 0.2) is 10.6 Å². The molecule has 3 heteroatoms. The molecule has 0 unspecified atom stereocenters. The predicted octanol–water partition coefficient (Wildman–Crippen LogP) is 2.80. The van der Waals surface area contributed by atoms with Crippen molar-refractivity contribution in [2.75, 3.05) is 5.88 Å². The van der Waals surface area contributed by atoms with Crippen LogP contribution in [0.25, 0.3) is 0 Å². The van der Waals surface area contributed by atoms with E-state index in [9.17, 15) is 0 Å². The van der Waals surface area contributed by atoms with Crippen LogP contribution in [-0.2, 0) is 12.8 Å². The molecule has 0 aromatic carbocycles. The van der Waals surface area contributed by atoms with Crippen LogP contribution in [0.1, 0.15) is 31.4 Å². The van der Waals surface area contributed by atoms with Gasteiger partial charge in [-0.2, -0.15) is 0 Å². The lowest BCUT2D eigenvalue weighted by Crippen LogP contribution is -1.84. The molecule has 2 nitrogen and oxygen atoms in total. The Morgan fingerprint density at radius 3 is 3.00 bits per heavy atom. The average Bonchev–Trinajstić information content (AvgIpc) is 2.50. The van der Waals surface area contributed by atoms with E-state index in [4.69, 9.17) is 16.0 Å². The molecule has 12 heavy (non-hydrogen) atoms. The lowest BCUT2D eigenvalue weighted by atomic mass is 10.2. The third-order valence-electron chi connectivity index (χ3n) is 1.69. The van der Waals surface area contributed by atoms with Crippen molar-refractivity contribution in [3.63, 3.8) is 0 Å². The Morgan fingerprint density at radius 1 is 1.50 bits per heavy atom. The highest BCUT2D eigenvalue weighted by molar-refractivity contribution is 6.17. The van der Waals surface area contributed by atoms with Gasteiger partial charge in [0.1, 0.15) is 5.76 Å². The standard InChI is InChI=1S/C9H14ClNO/c1-2-3-4-8-7-11-9(12-8)5-6-10/h7H,2-6H2,1H3. The molecule has 0 bridgehead atoms. The van der Waals surface area contributed by atoms with E-state index in [-0.39, 0.29) is 0 Å². The first-order valence-electron chi connectivity index (χ1n) is 4.36. The topological polar surface area (TPSA) is 26.0 Å². The number of unbranched alkanes of at least 4 members (excludes halogenated alkanes) is 1. The summed E-state index contributed by atoms with van der Waals surface area (Å²) in [4.78, 5) is 4.11. The quantitative estimate of drug-likeness (QED) is 0.663. The zero-order valence-electron chi connectivity index (χ0n) is 7.35. The normalized spacial score (nSPS) is 10.5. The Morgan fingerprint density at radius 2 is 2.33 bits per heavy atom. The summed E-state index contributed by atoms with van der Waals surface area (Å²) in [5.41, 5.74) is 0. The number of aromatic nitrogens is 1. The second kappa shape index (κ2) is 5.20. The number of hydrogen-bond donors (Lipinski definition) is 0. The van der Waals surface area contributed by atoms with E-state index in [1.807, 2.05) is 0 Å². The van der Waals surface area contributed by atoms with Crippen LogP contribution in [0.4, 0.5) is 0 Å². The number of alkyl halides is 1. The van der Waals surface area contributed by atoms with E-state index < -0.39 is 0 Å². The molecule has 1 aromatic heterocycles. The molecule has 0 radical (unpaired) electrons. The molecule has 0 spiro atoms. The van der Waals surface area contributed by atoms with E-state index in [1.165, 1.54) is 6.42 Å². The van der Waals surface area contributed by atoms with Crippen molar-refractivity contribution in [3.8, 4) is 0 Å². The molecule has 0 aliphatic rings. The molecule has 0 aliphatic heterocycles. The molecule has 68 valence electrons. The summed E-state index contributed by atoms with van der Waals surface area (Å²) in [6, 6.07) is 0. The second-order valence-electron chi connectivity index (χ2n) is 2.76. The van der Waals surface area contributed by atoms with E-state index in [0.29, 0.717) is 5.88 Å². The monoisotopic (exact) mass is 187 g/mol. The highest BCUT2D eigenvalue weighted by Crippen LogP contribution is 2.08. The van der Waals surface area contributed by atoms with Gasteiger partial charge < -0.3 is 4.42 Å². The SMILES string of the molecule is CCCCc1cnc(CCCl)o1. The average molecular weight is 188 g/mol. The van der Waals surface area contributed by atoms with Crippen LogP contribution in [-0.4, -0.2) is 10.9 Å². The van der Waals surface area contributed by atoms with Crippen LogP contribution < -0.4 is 0 Å². The molecular formula is C9H14ClNO. The van der Waals surface area contributed by atoms with Gasteiger partial charge in [0.05, 0.1) is 6.20 Å². The molecule has 1 aromatic rings. The van der Waals surface area contributed by atoms with Gasteiger partial charge in [0.2, 0.25) is 0 Å². The number of nitrogens with zero attached hydrogens (tertiary/aromatic N) is 1. The van der Waals surface area contributed by atoms with E-state index in [1.54, 1.807) is 6.20 Å². The molecule has 0 amide bonds. The van der Waals surface area contributed by atoms with Crippen molar-refractivity contribution in [2.24, 2.45) is 0 Å². The maximum absolute atomic E-state index is 5.55. The van der Waals surface area contributed by atoms with Gasteiger partial charge in [-0.3, -0.25) is 0 Å². The van der Waals surface area contributed by atoms with Crippen LogP contribution >= 0.6 is 11.6 Å². The van der Waals surface area contributed by atoms with E-state index >= 15 is 0 Å². The fraction of sp³-hybridized carbons (Fsp3) is 0.667. The fourth-order valence-corrected chi connectivity index (χ4v) is 1.17. The molecule has 0 atom stereocenters. The van der Waals surface area contributed by atoms with Gasteiger partial charge in [-0.05, 0) is 6.42 Å². The van der Waals surface area contributed by atoms with Crippen molar-refractivity contribution >= 4 is 11.6 Å². The molecule has 0 aliphatic carbocycles. The largest absolute Gasteiger partial charge is 0.446 e. The van der Waals surface area contributed by atoms with Crippen LogP contribution in [0.5, 0.6) is 0 Å². The fourth-order valence-electron chi connectivity index (χ4n) is 1.01. The van der Waals surface area contributed by atoms with Gasteiger partial charge in [0.15, 0.2) is 5.89 Å². The summed E-state index contributed by atoms with van der Waals surface area (Å²) in [7, 11) is 0. The summed E-state index contributed by atoms with van der Waals surface area (Å²) in [5.74, 6) is 2.32. The summed E-state index contributed by atoms with van der Waals surface area (Å²) in [6.45, 7) is 2.16. The predicted molar refractivity (Wildman–Crippen MR) is 49.5 cm³/mol. The number of hydrogen-bond acceptors (Lipinski definition) is 2. The minimum Gasteiger partial charge on any atom is -0.446 e. The molecule has 0 saturated carbocycles. The van der Waals surface area contributed by atoms with Gasteiger partial charge >= 0.3 is 0 Å². The zero-order chi connectivity index (χ0) is 8.81. The van der Waals surface area contributed by atoms with Gasteiger partial charge in [-0.25, -0.2) is 4.98 Å². The minimum absolute atomic E-state index is 0.577. The summed E-state index contributed by atoms with van der Waals surface area (Å²) < 4.78 is 5.43. The van der Waals surface area contributed by atoms with E-state index in [0.717, 1.165) is 30.9 Å². The number of oxazole rings is 1. The van der Waals surface area contributed by atoms with Crippen LogP contribution in [0.3, 0.4) is 0 Å². The Kier molecular flexibility index (Phi) is 4.15. The summed E-state index contributed by atoms with van der Waals surface area (Å²) >= 11 is 5.55. The zero-order valence-corrected chi connectivity index (χ0v) is 8.10. The number of halogens is 1. The summed E-state index contributed by atoms with van der Waals surface area (Å²) in [6.07, 6.45) is 5.87. The highest BCUT2D eigenvalue weighted by Gasteiger charge is 2.01. The smallest absolute Gasteiger partial charge is 0.195 e. The Bertz CT molecular complexity index is 222. The Hall–Kier alpha value is -0.500. The van der Waals surface area contributed by atoms with E-state index in [2.05, 4.69) is 11.9 Å². The van der Waals surface area contributed by atoms with Gasteiger partial charge in [0.25, 0.3) is 0 Å². The summed E-state index contributed by atoms with van der Waals surface area (Å²) in [5, 5.41) is 0. The van der Waals surface area contributed by atoms with Gasteiger partial charge in [-0.15, -0.1) is 11.6 Å². The van der Waals surface area contributed by atoms with Crippen LogP contribution in [0, 0.1) is 0 Å². The van der Waals surface area contributed by atoms with Crippen molar-refractivity contribution < 1.29 is 4.42 Å². The first-order valence-corrected chi connectivity index (χ1v) is 4.89. The van der Waals surface area contributed by atoms with Crippen LogP contribution in [0.2, 0.25) is 0 Å². The third-order valence-corrected chi connectivity index (χ3v) is 1.88. The second-order valence-corrected chi connectivity index (χ2v) is 3.14. The molecule has 1 heterocycles. The first kappa shape index (κ1) is 9.59. The molecular weight excluding hydrogens is 174 g/mol. The van der Waals surface area contributed by atoms with Gasteiger partial charge in [0, 0.05) is 18.7 Å². The Labute approximate surface area is 77.9 Å². The Balaban J connectivity index is 2.41. The third kappa shape index (κ3) is 2.86. The maximum Gasteiger partial charge on any atom is 0.195 e. The molecule has 0 N–H and O–H groups in total. The van der Waals surface area contributed by atoms with Crippen molar-refractivity contribution in [2.45, 2.75) is 32.6 Å². The minimum atomic E-state index is 0.577. The number of aryl methyl sites for hydroxylation is 2. The molecule has 0 fully saturated rings. The molecule has 0 saturated heterocycles. The van der Waals surface area contributed by atoms with Crippen molar-refractivity contribution in [1.82, 2.24) is 4.98 Å².